The number of ether oxygens (including phenoxy) is 3. The van der Waals surface area contributed by atoms with Gasteiger partial charge in [0.15, 0.2) is 12.7 Å². The third kappa shape index (κ3) is 6.01. The summed E-state index contributed by atoms with van der Waals surface area (Å²) in [6.45, 7) is 5.45. The summed E-state index contributed by atoms with van der Waals surface area (Å²) >= 11 is 0. The molecule has 2 aromatic rings. The number of nitrogens with one attached hydrogen (secondary N) is 1. The minimum absolute atomic E-state index is 0.284. The van der Waals surface area contributed by atoms with Crippen LogP contribution in [0.3, 0.4) is 0 Å². The summed E-state index contributed by atoms with van der Waals surface area (Å²) in [5.74, 6) is 0.518. The van der Waals surface area contributed by atoms with Gasteiger partial charge in [-0.05, 0) is 55.2 Å². The number of benzene rings is 2. The molecule has 0 aliphatic carbocycles. The number of hydrogen-bond acceptors (Lipinski definition) is 5. The molecule has 150 valence electrons. The lowest BCUT2D eigenvalue weighted by Crippen LogP contribution is -2.32. The molecule has 2 rings (SSSR count). The molecule has 0 aromatic heterocycles. The number of carbonyl (C=O) groups excluding carboxylic acids is 2. The van der Waals surface area contributed by atoms with Crippen LogP contribution in [-0.4, -0.2) is 31.7 Å². The van der Waals surface area contributed by atoms with Crippen LogP contribution in [0, 0.1) is 0 Å². The van der Waals surface area contributed by atoms with Gasteiger partial charge in [0.05, 0.1) is 7.11 Å². The van der Waals surface area contributed by atoms with Gasteiger partial charge in [0.2, 0.25) is 0 Å². The molecule has 6 nitrogen and oxygen atoms in total. The van der Waals surface area contributed by atoms with E-state index in [1.807, 2.05) is 24.3 Å². The largest absolute Gasteiger partial charge is 0.497 e. The smallest absolute Gasteiger partial charge is 0.344 e. The molecule has 0 saturated heterocycles. The van der Waals surface area contributed by atoms with E-state index in [-0.39, 0.29) is 12.5 Å². The maximum Gasteiger partial charge on any atom is 0.344 e. The van der Waals surface area contributed by atoms with E-state index in [1.165, 1.54) is 6.92 Å². The lowest BCUT2D eigenvalue weighted by molar-refractivity contribution is -0.155. The fourth-order valence-corrected chi connectivity index (χ4v) is 2.59. The van der Waals surface area contributed by atoms with Gasteiger partial charge in [-0.3, -0.25) is 4.79 Å². The first-order valence-corrected chi connectivity index (χ1v) is 9.30. The molecule has 28 heavy (non-hydrogen) atoms. The zero-order chi connectivity index (χ0) is 20.5. The van der Waals surface area contributed by atoms with Crippen LogP contribution in [0.15, 0.2) is 48.5 Å². The standard InChI is InChI=1S/C22H27NO5/c1-5-15(2)19-8-6-7-9-20(19)23-22(25)16(3)28-21(24)14-27-18-12-10-17(26-4)11-13-18/h6-13,15-16H,5,14H2,1-4H3,(H,23,25). The summed E-state index contributed by atoms with van der Waals surface area (Å²) in [6.07, 6.45) is 0.0251. The van der Waals surface area contributed by atoms with Crippen LogP contribution in [0.25, 0.3) is 0 Å². The van der Waals surface area contributed by atoms with Crippen LogP contribution >= 0.6 is 0 Å². The van der Waals surface area contributed by atoms with Gasteiger partial charge in [0.25, 0.3) is 5.91 Å². The Morgan fingerprint density at radius 3 is 2.29 bits per heavy atom. The van der Waals surface area contributed by atoms with Crippen molar-refractivity contribution in [3.63, 3.8) is 0 Å². The Morgan fingerprint density at radius 2 is 1.64 bits per heavy atom. The molecule has 6 heteroatoms. The zero-order valence-corrected chi connectivity index (χ0v) is 16.7. The molecule has 2 unspecified atom stereocenters. The number of hydrogen-bond donors (Lipinski definition) is 1. The maximum absolute atomic E-state index is 12.4. The third-order valence-corrected chi connectivity index (χ3v) is 4.46. The lowest BCUT2D eigenvalue weighted by Gasteiger charge is -2.18. The van der Waals surface area contributed by atoms with Crippen molar-refractivity contribution < 1.29 is 23.8 Å². The van der Waals surface area contributed by atoms with E-state index in [0.29, 0.717) is 17.4 Å². The van der Waals surface area contributed by atoms with Crippen molar-refractivity contribution in [2.75, 3.05) is 19.0 Å². The Morgan fingerprint density at radius 1 is 1.00 bits per heavy atom. The summed E-state index contributed by atoms with van der Waals surface area (Å²) in [5.41, 5.74) is 1.79. The number of esters is 1. The molecule has 0 aliphatic heterocycles. The fraction of sp³-hybridized carbons (Fsp3) is 0.364. The van der Waals surface area contributed by atoms with Gasteiger partial charge in [-0.2, -0.15) is 0 Å². The monoisotopic (exact) mass is 385 g/mol. The molecular formula is C22H27NO5. The van der Waals surface area contributed by atoms with E-state index >= 15 is 0 Å². The molecular weight excluding hydrogens is 358 g/mol. The molecule has 0 heterocycles. The number of anilines is 1. The summed E-state index contributed by atoms with van der Waals surface area (Å²) in [5, 5.41) is 2.85. The number of amides is 1. The fourth-order valence-electron chi connectivity index (χ4n) is 2.59. The predicted molar refractivity (Wildman–Crippen MR) is 108 cm³/mol. The second-order valence-electron chi connectivity index (χ2n) is 6.48. The zero-order valence-electron chi connectivity index (χ0n) is 16.7. The molecule has 2 atom stereocenters. The van der Waals surface area contributed by atoms with E-state index in [9.17, 15) is 9.59 Å². The van der Waals surface area contributed by atoms with Crippen molar-refractivity contribution in [1.82, 2.24) is 0 Å². The quantitative estimate of drug-likeness (QED) is 0.656. The highest BCUT2D eigenvalue weighted by molar-refractivity contribution is 5.95. The Balaban J connectivity index is 1.87. The van der Waals surface area contributed by atoms with Crippen molar-refractivity contribution in [3.05, 3.63) is 54.1 Å². The highest BCUT2D eigenvalue weighted by Crippen LogP contribution is 2.26. The Hall–Kier alpha value is -3.02. The number of methoxy groups -OCH3 is 1. The molecule has 0 fully saturated rings. The summed E-state index contributed by atoms with van der Waals surface area (Å²) in [4.78, 5) is 24.4. The Kier molecular flexibility index (Phi) is 7.87. The van der Waals surface area contributed by atoms with Crippen molar-refractivity contribution in [2.45, 2.75) is 39.2 Å². The lowest BCUT2D eigenvalue weighted by atomic mass is 9.97. The van der Waals surface area contributed by atoms with Gasteiger partial charge in [-0.15, -0.1) is 0 Å². The van der Waals surface area contributed by atoms with Crippen molar-refractivity contribution in [3.8, 4) is 11.5 Å². The van der Waals surface area contributed by atoms with E-state index < -0.39 is 12.1 Å². The topological polar surface area (TPSA) is 73.9 Å². The normalized spacial score (nSPS) is 12.6. The van der Waals surface area contributed by atoms with E-state index in [1.54, 1.807) is 31.4 Å². The first kappa shape index (κ1) is 21.3. The first-order valence-electron chi connectivity index (χ1n) is 9.30. The molecule has 1 N–H and O–H groups in total. The summed E-state index contributed by atoms with van der Waals surface area (Å²) < 4.78 is 15.6. The second-order valence-corrected chi connectivity index (χ2v) is 6.48. The van der Waals surface area contributed by atoms with E-state index in [2.05, 4.69) is 19.2 Å². The Labute approximate surface area is 165 Å². The molecule has 0 aliphatic rings. The maximum atomic E-state index is 12.4. The molecule has 1 amide bonds. The van der Waals surface area contributed by atoms with Crippen molar-refractivity contribution >= 4 is 17.6 Å². The van der Waals surface area contributed by atoms with Gasteiger partial charge >= 0.3 is 5.97 Å². The van der Waals surface area contributed by atoms with E-state index in [4.69, 9.17) is 14.2 Å². The SMILES string of the molecule is CCC(C)c1ccccc1NC(=O)C(C)OC(=O)COc1ccc(OC)cc1. The first-order chi connectivity index (χ1) is 13.4. The van der Waals surface area contributed by atoms with Crippen LogP contribution in [-0.2, 0) is 14.3 Å². The Bertz CT molecular complexity index is 788. The predicted octanol–water partition coefficient (Wildman–Crippen LogP) is 4.16. The average molecular weight is 385 g/mol. The van der Waals surface area contributed by atoms with Crippen LogP contribution in [0.4, 0.5) is 5.69 Å². The van der Waals surface area contributed by atoms with Crippen LogP contribution in [0.5, 0.6) is 11.5 Å². The third-order valence-electron chi connectivity index (χ3n) is 4.46. The molecule has 0 radical (unpaired) electrons. The number of rotatable bonds is 9. The second kappa shape index (κ2) is 10.3. The number of carbonyl (C=O) groups is 2. The average Bonchev–Trinajstić information content (AvgIpc) is 2.72. The highest BCUT2D eigenvalue weighted by Gasteiger charge is 2.20. The van der Waals surface area contributed by atoms with Gasteiger partial charge in [0.1, 0.15) is 11.5 Å². The summed E-state index contributed by atoms with van der Waals surface area (Å²) in [6, 6.07) is 14.5. The minimum atomic E-state index is -0.933. The van der Waals surface area contributed by atoms with Crippen LogP contribution in [0.2, 0.25) is 0 Å². The van der Waals surface area contributed by atoms with Crippen molar-refractivity contribution in [2.24, 2.45) is 0 Å². The van der Waals surface area contributed by atoms with E-state index in [0.717, 1.165) is 17.7 Å². The van der Waals surface area contributed by atoms with Gasteiger partial charge < -0.3 is 19.5 Å². The molecule has 2 aromatic carbocycles. The molecule has 0 saturated carbocycles. The van der Waals surface area contributed by atoms with Crippen LogP contribution in [0.1, 0.15) is 38.7 Å². The highest BCUT2D eigenvalue weighted by atomic mass is 16.6. The van der Waals surface area contributed by atoms with Gasteiger partial charge in [-0.25, -0.2) is 4.79 Å². The number of para-hydroxylation sites is 1. The summed E-state index contributed by atoms with van der Waals surface area (Å²) in [7, 11) is 1.57. The minimum Gasteiger partial charge on any atom is -0.497 e. The van der Waals surface area contributed by atoms with Gasteiger partial charge in [0, 0.05) is 5.69 Å². The van der Waals surface area contributed by atoms with Gasteiger partial charge in [-0.1, -0.05) is 32.0 Å². The van der Waals surface area contributed by atoms with Crippen molar-refractivity contribution in [1.29, 1.82) is 0 Å². The van der Waals surface area contributed by atoms with Crippen LogP contribution < -0.4 is 14.8 Å². The molecule has 0 spiro atoms. The molecule has 0 bridgehead atoms.